The van der Waals surface area contributed by atoms with Crippen molar-refractivity contribution < 1.29 is 19.0 Å². The predicted octanol–water partition coefficient (Wildman–Crippen LogP) is 5.99. The van der Waals surface area contributed by atoms with Crippen molar-refractivity contribution in [2.75, 3.05) is 19.6 Å². The Kier molecular flexibility index (Phi) is 8.06. The van der Waals surface area contributed by atoms with E-state index in [9.17, 15) is 19.0 Å². The molecule has 0 amide bonds. The lowest BCUT2D eigenvalue weighted by molar-refractivity contribution is 0.0132. The highest BCUT2D eigenvalue weighted by Crippen LogP contribution is 2.59. The minimum atomic E-state index is -2.20. The molecule has 4 aliphatic rings. The molecule has 3 saturated carbocycles. The van der Waals surface area contributed by atoms with Gasteiger partial charge in [-0.25, -0.2) is 8.78 Å². The summed E-state index contributed by atoms with van der Waals surface area (Å²) >= 11 is 0. The molecule has 4 fully saturated rings. The molecule has 0 aromatic heterocycles. The predicted molar refractivity (Wildman–Crippen MR) is 134 cm³/mol. The maximum absolute atomic E-state index is 13.3. The van der Waals surface area contributed by atoms with E-state index in [1.807, 2.05) is 6.92 Å². The van der Waals surface area contributed by atoms with Gasteiger partial charge < -0.3 is 15.1 Å². The Balaban J connectivity index is 1.45. The van der Waals surface area contributed by atoms with Gasteiger partial charge in [0, 0.05) is 24.9 Å². The third-order valence-corrected chi connectivity index (χ3v) is 9.97. The van der Waals surface area contributed by atoms with Crippen molar-refractivity contribution in [3.05, 3.63) is 35.5 Å². The lowest BCUT2D eigenvalue weighted by atomic mass is 9.61. The Labute approximate surface area is 205 Å². The van der Waals surface area contributed by atoms with Crippen molar-refractivity contribution in [3.8, 4) is 0 Å². The zero-order valence-corrected chi connectivity index (χ0v) is 21.4. The molecular weight excluding hydrogens is 432 g/mol. The van der Waals surface area contributed by atoms with E-state index in [0.29, 0.717) is 37.1 Å². The Bertz CT molecular complexity index is 808. The van der Waals surface area contributed by atoms with Crippen LogP contribution in [0.15, 0.2) is 35.5 Å². The van der Waals surface area contributed by atoms with Crippen molar-refractivity contribution in [2.45, 2.75) is 90.8 Å². The van der Waals surface area contributed by atoms with Crippen LogP contribution in [0, 0.1) is 35.0 Å². The van der Waals surface area contributed by atoms with Gasteiger partial charge in [0.1, 0.15) is 0 Å². The van der Waals surface area contributed by atoms with Crippen molar-refractivity contribution >= 4 is 0 Å². The number of allylic oxidation sites excluding steroid dienone is 3. The normalized spacial score (nSPS) is 43.0. The summed E-state index contributed by atoms with van der Waals surface area (Å²) in [5.41, 5.74) is 3.48. The molecule has 2 unspecified atom stereocenters. The van der Waals surface area contributed by atoms with Crippen LogP contribution in [-0.4, -0.2) is 53.4 Å². The number of aliphatic hydroxyl groups is 2. The highest BCUT2D eigenvalue weighted by Gasteiger charge is 2.51. The summed E-state index contributed by atoms with van der Waals surface area (Å²) in [7, 11) is 0. The molecule has 3 nitrogen and oxygen atoms in total. The second-order valence-electron chi connectivity index (χ2n) is 12.1. The van der Waals surface area contributed by atoms with Gasteiger partial charge in [0.2, 0.25) is 6.43 Å². The molecule has 0 bridgehead atoms. The number of likely N-dealkylation sites (tertiary alicyclic amines) is 1. The van der Waals surface area contributed by atoms with E-state index in [0.717, 1.165) is 37.1 Å². The van der Waals surface area contributed by atoms with E-state index >= 15 is 0 Å². The van der Waals surface area contributed by atoms with Crippen LogP contribution >= 0.6 is 0 Å². The molecule has 0 spiro atoms. The number of rotatable bonds is 5. The fraction of sp³-hybridized carbons (Fsp3) is 0.793. The lowest BCUT2D eigenvalue weighted by Gasteiger charge is -2.45. The van der Waals surface area contributed by atoms with Crippen LogP contribution < -0.4 is 0 Å². The number of hydrogen-bond donors (Lipinski definition) is 2. The summed E-state index contributed by atoms with van der Waals surface area (Å²) in [5.74, 6) is 1.05. The molecule has 3 aliphatic carbocycles. The fourth-order valence-electron chi connectivity index (χ4n) is 7.85. The van der Waals surface area contributed by atoms with Gasteiger partial charge in [0.05, 0.1) is 12.2 Å². The number of halogens is 2. The van der Waals surface area contributed by atoms with Crippen LogP contribution in [0.25, 0.3) is 0 Å². The number of nitrogens with zero attached hydrogens (tertiary/aromatic N) is 1. The molecule has 0 aromatic carbocycles. The maximum Gasteiger partial charge on any atom is 0.242 e. The van der Waals surface area contributed by atoms with Gasteiger partial charge in [-0.05, 0) is 92.2 Å². The molecule has 4 rings (SSSR count). The third kappa shape index (κ3) is 5.08. The first kappa shape index (κ1) is 26.0. The summed E-state index contributed by atoms with van der Waals surface area (Å²) in [6.07, 6.45) is 9.02. The van der Waals surface area contributed by atoms with E-state index in [1.54, 1.807) is 0 Å². The second kappa shape index (κ2) is 10.5. The van der Waals surface area contributed by atoms with E-state index < -0.39 is 24.6 Å². The monoisotopic (exact) mass is 477 g/mol. The molecule has 0 aromatic rings. The van der Waals surface area contributed by atoms with Crippen LogP contribution in [0.4, 0.5) is 8.78 Å². The first-order valence-corrected chi connectivity index (χ1v) is 13.6. The van der Waals surface area contributed by atoms with Gasteiger partial charge >= 0.3 is 0 Å². The topological polar surface area (TPSA) is 43.7 Å². The summed E-state index contributed by atoms with van der Waals surface area (Å²) < 4.78 is 26.6. The largest absolute Gasteiger partial charge is 0.392 e. The van der Waals surface area contributed by atoms with Crippen molar-refractivity contribution in [3.63, 3.8) is 0 Å². The number of fused-ring (bicyclic) bond motifs is 1. The molecule has 1 heterocycles. The van der Waals surface area contributed by atoms with E-state index in [4.69, 9.17) is 0 Å². The van der Waals surface area contributed by atoms with Crippen LogP contribution in [0.5, 0.6) is 0 Å². The minimum Gasteiger partial charge on any atom is -0.392 e. The van der Waals surface area contributed by atoms with E-state index in [2.05, 4.69) is 37.5 Å². The van der Waals surface area contributed by atoms with Crippen LogP contribution in [0.2, 0.25) is 0 Å². The molecule has 0 radical (unpaired) electrons. The highest BCUT2D eigenvalue weighted by atomic mass is 19.3. The molecule has 1 saturated heterocycles. The standard InChI is InChI=1S/C29H45F2NO2/c1-18(16-32-14-6-8-23(17-32)28(30)31)24-11-12-25-21(7-5-13-29(24,25)4)9-10-22-15-26(33)20(3)27(34)19(22)2/h9-10,18,20,23-28,33-34H,2,5-8,11-17H2,1,3-4H3/t18?,20-,23?,24+,25-,26+,27+,29+/m0/s1. The first-order chi connectivity index (χ1) is 16.1. The average Bonchev–Trinajstić information content (AvgIpc) is 3.17. The van der Waals surface area contributed by atoms with Crippen LogP contribution in [-0.2, 0) is 0 Å². The summed E-state index contributed by atoms with van der Waals surface area (Å²) in [5, 5.41) is 20.8. The number of alkyl halides is 2. The zero-order valence-electron chi connectivity index (χ0n) is 21.4. The van der Waals surface area contributed by atoms with Crippen LogP contribution in [0.3, 0.4) is 0 Å². The summed E-state index contributed by atoms with van der Waals surface area (Å²) in [6, 6.07) is 0. The minimum absolute atomic E-state index is 0.178. The van der Waals surface area contributed by atoms with Crippen molar-refractivity contribution in [1.29, 1.82) is 0 Å². The van der Waals surface area contributed by atoms with Gasteiger partial charge in [0.25, 0.3) is 0 Å². The fourth-order valence-corrected chi connectivity index (χ4v) is 7.85. The molecule has 5 heteroatoms. The molecule has 8 atom stereocenters. The number of hydrogen-bond acceptors (Lipinski definition) is 3. The van der Waals surface area contributed by atoms with Gasteiger partial charge in [-0.15, -0.1) is 0 Å². The smallest absolute Gasteiger partial charge is 0.242 e. The highest BCUT2D eigenvalue weighted by molar-refractivity contribution is 5.39. The quantitative estimate of drug-likeness (QED) is 0.511. The zero-order chi connectivity index (χ0) is 24.6. The summed E-state index contributed by atoms with van der Waals surface area (Å²) in [6.45, 7) is 13.2. The van der Waals surface area contributed by atoms with Gasteiger partial charge in [-0.1, -0.05) is 45.1 Å². The van der Waals surface area contributed by atoms with Gasteiger partial charge in [0.15, 0.2) is 0 Å². The Hall–Kier alpha value is -1.04. The van der Waals surface area contributed by atoms with E-state index in [-0.39, 0.29) is 11.3 Å². The van der Waals surface area contributed by atoms with Gasteiger partial charge in [-0.2, -0.15) is 0 Å². The number of piperidine rings is 1. The maximum atomic E-state index is 13.3. The van der Waals surface area contributed by atoms with Crippen LogP contribution in [0.1, 0.15) is 72.1 Å². The average molecular weight is 478 g/mol. The van der Waals surface area contributed by atoms with E-state index in [1.165, 1.54) is 31.3 Å². The molecule has 2 N–H and O–H groups in total. The third-order valence-electron chi connectivity index (χ3n) is 9.97. The first-order valence-electron chi connectivity index (χ1n) is 13.6. The molecular formula is C29H45F2NO2. The summed E-state index contributed by atoms with van der Waals surface area (Å²) in [4.78, 5) is 2.30. The van der Waals surface area contributed by atoms with Crippen molar-refractivity contribution in [2.24, 2.45) is 35.0 Å². The van der Waals surface area contributed by atoms with Gasteiger partial charge in [-0.3, -0.25) is 0 Å². The molecule has 1 aliphatic heterocycles. The Morgan fingerprint density at radius 3 is 2.68 bits per heavy atom. The Morgan fingerprint density at radius 2 is 1.94 bits per heavy atom. The molecule has 192 valence electrons. The second-order valence-corrected chi connectivity index (χ2v) is 12.1. The molecule has 34 heavy (non-hydrogen) atoms. The lowest BCUT2D eigenvalue weighted by Crippen LogP contribution is -2.44. The van der Waals surface area contributed by atoms with Crippen molar-refractivity contribution in [1.82, 2.24) is 4.90 Å². The Morgan fingerprint density at radius 1 is 1.18 bits per heavy atom. The number of aliphatic hydroxyl groups excluding tert-OH is 2. The SMILES string of the molecule is C=C1C(=CC=C2CCC[C@]3(C)[C@@H](C(C)CN4CCCC(C(F)F)C4)CC[C@@H]23)C[C@@H](O)[C@H](C)[C@@H]1O.